The second kappa shape index (κ2) is 26.7. The van der Waals surface area contributed by atoms with Gasteiger partial charge in [0.25, 0.3) is 0 Å². The summed E-state index contributed by atoms with van der Waals surface area (Å²) in [4.78, 5) is 0. The van der Waals surface area contributed by atoms with Gasteiger partial charge in [0.15, 0.2) is 0 Å². The zero-order chi connectivity index (χ0) is 19.7. The molecule has 148 valence electrons. The van der Waals surface area contributed by atoms with Gasteiger partial charge in [-0.25, -0.2) is 9.13 Å². The molecule has 4 aromatic carbocycles. The Kier molecular flexibility index (Phi) is 26.3. The molecule has 4 heteroatoms. The van der Waals surface area contributed by atoms with Crippen molar-refractivity contribution in [2.75, 3.05) is 0 Å². The van der Waals surface area contributed by atoms with E-state index in [0.717, 1.165) is 0 Å². The van der Waals surface area contributed by atoms with E-state index in [2.05, 4.69) is 24.3 Å². The first kappa shape index (κ1) is 27.7. The van der Waals surface area contributed by atoms with Gasteiger partial charge in [-0.1, -0.05) is 0 Å². The predicted molar refractivity (Wildman–Crippen MR) is 111 cm³/mol. The first-order valence-electron chi connectivity index (χ1n) is 8.05. The van der Waals surface area contributed by atoms with Gasteiger partial charge in [0.2, 0.25) is 0 Å². The molecular weight excluding hydrogens is 458 g/mol. The van der Waals surface area contributed by atoms with Crippen LogP contribution in [0, 0.1) is 24.3 Å². The van der Waals surface area contributed by atoms with Crippen LogP contribution in [0.4, 0.5) is 0 Å². The molecule has 4 rings (SSSR count). The van der Waals surface area contributed by atoms with Crippen LogP contribution in [0.15, 0.2) is 121 Å². The van der Waals surface area contributed by atoms with Crippen molar-refractivity contribution >= 4 is 8.34 Å². The van der Waals surface area contributed by atoms with E-state index in [-0.39, 0.29) is 20.4 Å². The third kappa shape index (κ3) is 25.7. The normalized spacial score (nSPS) is 7.29. The molecule has 0 spiro atoms. The maximum absolute atomic E-state index is 8.40. The van der Waals surface area contributed by atoms with E-state index in [1.807, 2.05) is 121 Å². The Bertz CT molecular complexity index is 516. The maximum atomic E-state index is 8.40. The molecule has 0 aromatic heterocycles. The topological polar surface area (TPSA) is 34.1 Å². The molecule has 0 unspecified atom stereocenters. The van der Waals surface area contributed by atoms with Gasteiger partial charge < -0.3 is 0 Å². The smallest absolute Gasteiger partial charge is 0.241 e. The van der Waals surface area contributed by atoms with Crippen molar-refractivity contribution in [2.24, 2.45) is 0 Å². The van der Waals surface area contributed by atoms with Crippen LogP contribution in [0.1, 0.15) is 0 Å². The molecule has 0 atom stereocenters. The summed E-state index contributed by atoms with van der Waals surface area (Å²) in [5, 5.41) is 0. The summed E-state index contributed by atoms with van der Waals surface area (Å²) in [6.45, 7) is 0. The molecule has 0 bridgehead atoms. The van der Waals surface area contributed by atoms with Crippen molar-refractivity contribution in [3.8, 4) is 0 Å². The third-order valence-electron chi connectivity index (χ3n) is 2.43. The summed E-state index contributed by atoms with van der Waals surface area (Å²) in [6, 6.07) is 50.0. The molecule has 28 heavy (non-hydrogen) atoms. The van der Waals surface area contributed by atoms with Gasteiger partial charge in [-0.05, 0) is 0 Å². The van der Waals surface area contributed by atoms with Crippen LogP contribution in [0.2, 0.25) is 0 Å². The summed E-state index contributed by atoms with van der Waals surface area (Å²) >= 11 is 0. The summed E-state index contributed by atoms with van der Waals surface area (Å²) in [5.74, 6) is 0. The Morgan fingerprint density at radius 3 is 0.536 bits per heavy atom. The largest absolute Gasteiger partial charge is 0.303 e. The molecule has 0 N–H and O–H groups in total. The van der Waals surface area contributed by atoms with Crippen LogP contribution in [-0.4, -0.2) is 0 Å². The molecule has 0 radical (unpaired) electrons. The molecule has 0 fully saturated rings. The average Bonchev–Trinajstić information content (AvgIpc) is 2.80. The Hall–Kier alpha value is -2.56. The SMILES string of the molecule is O=[PH]=O.[Pd].[c-]1ccccc1.[c-]1ccccc1.[c-]1ccccc1.[c-]1ccccc1. The van der Waals surface area contributed by atoms with Crippen LogP contribution >= 0.6 is 8.34 Å². The first-order valence-corrected chi connectivity index (χ1v) is 8.87. The number of hydrogen-bond donors (Lipinski definition) is 0. The zero-order valence-corrected chi connectivity index (χ0v) is 17.7. The van der Waals surface area contributed by atoms with Crippen LogP contribution in [0.5, 0.6) is 0 Å². The standard InChI is InChI=1S/4C6H5.HO2P.Pd/c4*1-2-4-6-5-3-1;1-3-2;/h4*1-5H;3H;/q4*-1;;. The van der Waals surface area contributed by atoms with E-state index in [9.17, 15) is 0 Å². The maximum Gasteiger partial charge on any atom is 0.303 e. The molecular formula is C24H21O2PPd-4. The van der Waals surface area contributed by atoms with E-state index >= 15 is 0 Å². The van der Waals surface area contributed by atoms with Crippen molar-refractivity contribution in [3.63, 3.8) is 0 Å². The molecule has 0 amide bonds. The molecule has 4 aromatic rings. The molecule has 2 nitrogen and oxygen atoms in total. The Balaban J connectivity index is 0. The van der Waals surface area contributed by atoms with Gasteiger partial charge in [0, 0.05) is 20.4 Å². The van der Waals surface area contributed by atoms with E-state index in [0.29, 0.717) is 0 Å². The number of benzene rings is 4. The second-order valence-electron chi connectivity index (χ2n) is 4.39. The first-order chi connectivity index (χ1) is 13.4. The van der Waals surface area contributed by atoms with Crippen molar-refractivity contribution < 1.29 is 29.6 Å². The summed E-state index contributed by atoms with van der Waals surface area (Å²) < 4.78 is 16.8. The van der Waals surface area contributed by atoms with Crippen LogP contribution < -0.4 is 0 Å². The van der Waals surface area contributed by atoms with Gasteiger partial charge in [-0.15, -0.1) is 0 Å². The van der Waals surface area contributed by atoms with Gasteiger partial charge in [0.05, 0.1) is 0 Å². The average molecular weight is 479 g/mol. The summed E-state index contributed by atoms with van der Waals surface area (Å²) in [5.41, 5.74) is 0. The predicted octanol–water partition coefficient (Wildman–Crippen LogP) is 6.30. The van der Waals surface area contributed by atoms with Gasteiger partial charge >= 0.3 is 8.34 Å². The van der Waals surface area contributed by atoms with Crippen LogP contribution in [0.25, 0.3) is 0 Å². The number of rotatable bonds is 0. The van der Waals surface area contributed by atoms with Crippen LogP contribution in [-0.2, 0) is 29.6 Å². The van der Waals surface area contributed by atoms with Crippen LogP contribution in [0.3, 0.4) is 0 Å². The molecule has 0 heterocycles. The minimum atomic E-state index is -1.42. The number of hydrogen-bond acceptors (Lipinski definition) is 2. The zero-order valence-electron chi connectivity index (χ0n) is 15.2. The Labute approximate surface area is 183 Å². The Morgan fingerprint density at radius 1 is 0.357 bits per heavy atom. The van der Waals surface area contributed by atoms with Gasteiger partial charge in [-0.2, -0.15) is 146 Å². The summed E-state index contributed by atoms with van der Waals surface area (Å²) in [6.07, 6.45) is 0. The molecule has 0 saturated carbocycles. The fourth-order valence-corrected chi connectivity index (χ4v) is 1.37. The molecule has 0 aliphatic heterocycles. The second-order valence-corrected chi connectivity index (χ2v) is 4.56. The fraction of sp³-hybridized carbons (Fsp3) is 0. The van der Waals surface area contributed by atoms with Crippen molar-refractivity contribution in [1.82, 2.24) is 0 Å². The molecule has 0 saturated heterocycles. The third-order valence-corrected chi connectivity index (χ3v) is 2.43. The van der Waals surface area contributed by atoms with Gasteiger partial charge in [0.1, 0.15) is 0 Å². The quantitative estimate of drug-likeness (QED) is 0.169. The van der Waals surface area contributed by atoms with E-state index in [1.54, 1.807) is 0 Å². The Morgan fingerprint density at radius 2 is 0.500 bits per heavy atom. The van der Waals surface area contributed by atoms with E-state index in [4.69, 9.17) is 9.13 Å². The molecule has 0 aliphatic rings. The monoisotopic (exact) mass is 478 g/mol. The molecule has 0 aliphatic carbocycles. The van der Waals surface area contributed by atoms with Crippen molar-refractivity contribution in [3.05, 3.63) is 146 Å². The van der Waals surface area contributed by atoms with Crippen molar-refractivity contribution in [1.29, 1.82) is 0 Å². The minimum absolute atomic E-state index is 0. The van der Waals surface area contributed by atoms with E-state index in [1.165, 1.54) is 0 Å². The minimum Gasteiger partial charge on any atom is -0.241 e. The fourth-order valence-electron chi connectivity index (χ4n) is 1.37. The van der Waals surface area contributed by atoms with Gasteiger partial charge in [-0.3, -0.25) is 0 Å². The van der Waals surface area contributed by atoms with Crippen molar-refractivity contribution in [2.45, 2.75) is 0 Å². The summed E-state index contributed by atoms with van der Waals surface area (Å²) in [7, 11) is -1.42. The van der Waals surface area contributed by atoms with E-state index < -0.39 is 8.34 Å².